The van der Waals surface area contributed by atoms with Gasteiger partial charge in [0.25, 0.3) is 0 Å². The van der Waals surface area contributed by atoms with Crippen LogP contribution in [-0.2, 0) is 12.5 Å². The summed E-state index contributed by atoms with van der Waals surface area (Å²) in [5.41, 5.74) is 2.10. The molecule has 226 valence electrons. The van der Waals surface area contributed by atoms with E-state index in [-0.39, 0.29) is 16.9 Å². The van der Waals surface area contributed by atoms with Crippen molar-refractivity contribution in [1.29, 1.82) is 0 Å². The third kappa shape index (κ3) is 6.80. The van der Waals surface area contributed by atoms with E-state index in [1.54, 1.807) is 24.3 Å². The van der Waals surface area contributed by atoms with E-state index in [0.29, 0.717) is 34.2 Å². The summed E-state index contributed by atoms with van der Waals surface area (Å²) in [4.78, 5) is 0. The Hall–Kier alpha value is -4.59. The van der Waals surface area contributed by atoms with E-state index in [1.807, 2.05) is 6.92 Å². The summed E-state index contributed by atoms with van der Waals surface area (Å²) in [6.45, 7) is 2.04. The van der Waals surface area contributed by atoms with Crippen LogP contribution in [0.4, 0.5) is 30.7 Å². The Morgan fingerprint density at radius 1 is 0.545 bits per heavy atom. The zero-order chi connectivity index (χ0) is 31.4. The maximum absolute atomic E-state index is 15.1. The number of halogens is 7. The highest BCUT2D eigenvalue weighted by molar-refractivity contribution is 5.74. The minimum Gasteiger partial charge on any atom is -0.429 e. The van der Waals surface area contributed by atoms with Gasteiger partial charge < -0.3 is 4.74 Å². The van der Waals surface area contributed by atoms with E-state index in [9.17, 15) is 26.3 Å². The van der Waals surface area contributed by atoms with Crippen molar-refractivity contribution in [3.05, 3.63) is 137 Å². The second-order valence-corrected chi connectivity index (χ2v) is 10.4. The first-order valence-corrected chi connectivity index (χ1v) is 14.1. The molecule has 0 N–H and O–H groups in total. The number of benzene rings is 5. The first-order valence-electron chi connectivity index (χ1n) is 14.1. The Kier molecular flexibility index (Phi) is 9.09. The molecule has 0 spiro atoms. The maximum Gasteiger partial charge on any atom is 0.429 e. The van der Waals surface area contributed by atoms with Gasteiger partial charge in [0.15, 0.2) is 17.5 Å². The molecule has 0 heterocycles. The highest BCUT2D eigenvalue weighted by atomic mass is 19.3. The Morgan fingerprint density at radius 3 is 1.73 bits per heavy atom. The van der Waals surface area contributed by atoms with E-state index in [0.717, 1.165) is 43.5 Å². The second-order valence-electron chi connectivity index (χ2n) is 10.4. The molecule has 0 saturated carbocycles. The summed E-state index contributed by atoms with van der Waals surface area (Å²) >= 11 is 0. The lowest BCUT2D eigenvalue weighted by molar-refractivity contribution is -0.187. The van der Waals surface area contributed by atoms with E-state index in [2.05, 4.69) is 0 Å². The number of hydrogen-bond donors (Lipinski definition) is 0. The summed E-state index contributed by atoms with van der Waals surface area (Å²) in [7, 11) is 0. The van der Waals surface area contributed by atoms with Crippen LogP contribution in [-0.4, -0.2) is 0 Å². The van der Waals surface area contributed by atoms with Crippen molar-refractivity contribution in [2.45, 2.75) is 38.7 Å². The molecule has 0 aliphatic carbocycles. The molecule has 0 radical (unpaired) electrons. The Labute approximate surface area is 250 Å². The fraction of sp³-hybridized carbons (Fsp3) is 0.167. The maximum atomic E-state index is 15.1. The normalized spacial score (nSPS) is 11.5. The predicted molar refractivity (Wildman–Crippen MR) is 157 cm³/mol. The highest BCUT2D eigenvalue weighted by Gasteiger charge is 2.37. The highest BCUT2D eigenvalue weighted by Crippen LogP contribution is 2.35. The van der Waals surface area contributed by atoms with Gasteiger partial charge in [-0.3, -0.25) is 0 Å². The Morgan fingerprint density at radius 2 is 1.11 bits per heavy atom. The number of aryl methyl sites for hydroxylation is 1. The van der Waals surface area contributed by atoms with Gasteiger partial charge in [-0.05, 0) is 88.7 Å². The van der Waals surface area contributed by atoms with Gasteiger partial charge in [0, 0.05) is 5.56 Å². The van der Waals surface area contributed by atoms with E-state index in [4.69, 9.17) is 4.74 Å². The number of alkyl halides is 2. The fourth-order valence-electron chi connectivity index (χ4n) is 4.94. The molecule has 5 rings (SSSR count). The molecular weight excluding hydrogens is 581 g/mol. The van der Waals surface area contributed by atoms with Gasteiger partial charge in [0.2, 0.25) is 0 Å². The fourth-order valence-corrected chi connectivity index (χ4v) is 4.94. The van der Waals surface area contributed by atoms with Gasteiger partial charge in [-0.2, -0.15) is 8.78 Å². The average Bonchev–Trinajstić information content (AvgIpc) is 3.00. The van der Waals surface area contributed by atoms with Crippen LogP contribution in [0.25, 0.3) is 33.4 Å². The van der Waals surface area contributed by atoms with Crippen molar-refractivity contribution in [2.24, 2.45) is 0 Å². The largest absolute Gasteiger partial charge is 0.429 e. The monoisotopic (exact) mass is 608 g/mol. The molecule has 5 aromatic rings. The molecule has 8 heteroatoms. The van der Waals surface area contributed by atoms with E-state index >= 15 is 4.39 Å². The average molecular weight is 609 g/mol. The third-order valence-corrected chi connectivity index (χ3v) is 7.33. The lowest BCUT2D eigenvalue weighted by Gasteiger charge is -2.19. The topological polar surface area (TPSA) is 9.23 Å². The summed E-state index contributed by atoms with van der Waals surface area (Å²) in [5.74, 6) is -5.96. The van der Waals surface area contributed by atoms with E-state index in [1.165, 1.54) is 48.5 Å². The van der Waals surface area contributed by atoms with Crippen molar-refractivity contribution in [3.63, 3.8) is 0 Å². The zero-order valence-corrected chi connectivity index (χ0v) is 23.6. The quantitative estimate of drug-likeness (QED) is 0.0871. The van der Waals surface area contributed by atoms with Gasteiger partial charge in [-0.25, -0.2) is 22.0 Å². The standard InChI is InChI=1S/C36H27F7O/c1-2-3-4-5-22-6-17-30(32(38)18-22)36(42,43)44-28-14-11-23(12-15-28)26-13-16-29(31(37)19-26)25-9-7-24(8-10-25)27-20-33(39)35(41)34(40)21-27/h6-21H,2-5H2,1H3. The summed E-state index contributed by atoms with van der Waals surface area (Å²) in [6.07, 6.45) is -0.488. The second kappa shape index (κ2) is 13.0. The van der Waals surface area contributed by atoms with Gasteiger partial charge in [-0.1, -0.05) is 74.4 Å². The van der Waals surface area contributed by atoms with Crippen molar-refractivity contribution in [1.82, 2.24) is 0 Å². The molecule has 0 fully saturated rings. The first-order chi connectivity index (χ1) is 21.1. The van der Waals surface area contributed by atoms with Gasteiger partial charge in [0.1, 0.15) is 17.4 Å². The van der Waals surface area contributed by atoms with Gasteiger partial charge >= 0.3 is 6.11 Å². The zero-order valence-electron chi connectivity index (χ0n) is 23.6. The number of unbranched alkanes of at least 4 members (excludes halogenated alkanes) is 2. The Balaban J connectivity index is 1.28. The SMILES string of the molecule is CCCCCc1ccc(C(F)(F)Oc2ccc(-c3ccc(-c4ccc(-c5cc(F)c(F)c(F)c5)cc4)c(F)c3)cc2)c(F)c1. The minimum absolute atomic E-state index is 0.134. The van der Waals surface area contributed by atoms with Crippen LogP contribution in [0.5, 0.6) is 5.75 Å². The number of rotatable bonds is 10. The molecule has 0 atom stereocenters. The molecule has 0 unspecified atom stereocenters. The summed E-state index contributed by atoms with van der Waals surface area (Å²) in [6, 6.07) is 21.7. The first kappa shape index (κ1) is 30.9. The van der Waals surface area contributed by atoms with Crippen molar-refractivity contribution in [2.75, 3.05) is 0 Å². The van der Waals surface area contributed by atoms with Crippen LogP contribution >= 0.6 is 0 Å². The van der Waals surface area contributed by atoms with Crippen LogP contribution in [0.15, 0.2) is 97.1 Å². The van der Waals surface area contributed by atoms with Crippen molar-refractivity contribution >= 4 is 0 Å². The molecule has 0 aliphatic heterocycles. The smallest absolute Gasteiger partial charge is 0.429 e. The Bertz CT molecular complexity index is 1740. The summed E-state index contributed by atoms with van der Waals surface area (Å²) in [5, 5.41) is 0. The third-order valence-electron chi connectivity index (χ3n) is 7.33. The molecule has 0 bridgehead atoms. The van der Waals surface area contributed by atoms with Crippen LogP contribution < -0.4 is 4.74 Å². The molecule has 1 nitrogen and oxygen atoms in total. The van der Waals surface area contributed by atoms with E-state index < -0.39 is 40.8 Å². The van der Waals surface area contributed by atoms with Crippen LogP contribution in [0.2, 0.25) is 0 Å². The lowest BCUT2D eigenvalue weighted by Crippen LogP contribution is -2.23. The minimum atomic E-state index is -3.91. The van der Waals surface area contributed by atoms with Crippen LogP contribution in [0.1, 0.15) is 37.3 Å². The molecule has 0 aromatic heterocycles. The van der Waals surface area contributed by atoms with Gasteiger partial charge in [-0.15, -0.1) is 0 Å². The van der Waals surface area contributed by atoms with Crippen LogP contribution in [0.3, 0.4) is 0 Å². The van der Waals surface area contributed by atoms with Crippen molar-refractivity contribution in [3.8, 4) is 39.1 Å². The molecule has 44 heavy (non-hydrogen) atoms. The lowest BCUT2D eigenvalue weighted by atomic mass is 9.97. The van der Waals surface area contributed by atoms with Gasteiger partial charge in [0.05, 0.1) is 5.56 Å². The molecule has 0 amide bonds. The molecule has 5 aromatic carbocycles. The predicted octanol–water partition coefficient (Wildman–Crippen LogP) is 11.2. The van der Waals surface area contributed by atoms with Crippen LogP contribution in [0, 0.1) is 29.1 Å². The molecule has 0 aliphatic rings. The molecule has 0 saturated heterocycles. The van der Waals surface area contributed by atoms with Crippen molar-refractivity contribution < 1.29 is 35.5 Å². The molecular formula is C36H27F7O. The number of ether oxygens (including phenoxy) is 1. The summed E-state index contributed by atoms with van der Waals surface area (Å²) < 4.78 is 105. The number of hydrogen-bond acceptors (Lipinski definition) is 1.